The van der Waals surface area contributed by atoms with Gasteiger partial charge in [-0.3, -0.25) is 0 Å². The summed E-state index contributed by atoms with van der Waals surface area (Å²) in [7, 11) is -1.58. The van der Waals surface area contributed by atoms with Crippen LogP contribution in [0.1, 0.15) is 0 Å². The van der Waals surface area contributed by atoms with Gasteiger partial charge in [0.05, 0.1) is 13.2 Å². The summed E-state index contributed by atoms with van der Waals surface area (Å²) in [5.41, 5.74) is 0. The second kappa shape index (κ2) is 3.15. The molecular formula is C4H7O3P. The molecule has 1 rings (SSSR count). The molecule has 0 amide bonds. The van der Waals surface area contributed by atoms with E-state index in [1.54, 1.807) is 0 Å². The van der Waals surface area contributed by atoms with Crippen LogP contribution in [0.2, 0.25) is 0 Å². The lowest BCUT2D eigenvalue weighted by Gasteiger charge is -2.02. The highest BCUT2D eigenvalue weighted by atomic mass is 31.2. The Kier molecular flexibility index (Phi) is 2.43. The molecule has 46 valence electrons. The summed E-state index contributed by atoms with van der Waals surface area (Å²) in [5.74, 6) is 0. The molecule has 0 aliphatic carbocycles. The second-order valence-corrected chi connectivity index (χ2v) is 2.29. The van der Waals surface area contributed by atoms with Crippen LogP contribution in [0.5, 0.6) is 0 Å². The topological polar surface area (TPSA) is 38.7 Å². The average Bonchev–Trinajstić information content (AvgIpc) is 1.94. The Morgan fingerprint density at radius 1 is 1.25 bits per heavy atom. The molecule has 0 bridgehead atoms. The van der Waals surface area contributed by atoms with Crippen molar-refractivity contribution in [2.24, 2.45) is 0 Å². The first kappa shape index (κ1) is 6.17. The average molecular weight is 134 g/mol. The van der Waals surface area contributed by atoms with Gasteiger partial charge in [-0.25, -0.2) is 0 Å². The smallest absolute Gasteiger partial charge is 0.328 e. The van der Waals surface area contributed by atoms with Gasteiger partial charge in [0.1, 0.15) is 0 Å². The molecule has 0 spiro atoms. The Morgan fingerprint density at radius 2 is 1.75 bits per heavy atom. The van der Waals surface area contributed by atoms with Gasteiger partial charge in [0.2, 0.25) is 0 Å². The van der Waals surface area contributed by atoms with E-state index in [-0.39, 0.29) is 0 Å². The normalized spacial score (nSPS) is 23.1. The van der Waals surface area contributed by atoms with Crippen molar-refractivity contribution in [2.75, 3.05) is 13.2 Å². The fraction of sp³-hybridized carbons (Fsp3) is 0.500. The molecule has 1 aliphatic rings. The molecule has 0 aromatic rings. The van der Waals surface area contributed by atoms with E-state index in [9.17, 15) is 0 Å². The predicted octanol–water partition coefficient (Wildman–Crippen LogP) is 0.809. The molecule has 1 aliphatic heterocycles. The minimum Gasteiger partial charge on any atom is -0.328 e. The zero-order valence-corrected chi connectivity index (χ0v) is 5.17. The lowest BCUT2D eigenvalue weighted by Crippen LogP contribution is -1.84. The predicted molar refractivity (Wildman–Crippen MR) is 30.2 cm³/mol. The molecule has 3 nitrogen and oxygen atoms in total. The van der Waals surface area contributed by atoms with Crippen LogP contribution in [0.15, 0.2) is 12.2 Å². The maximum Gasteiger partial charge on any atom is 0.330 e. The summed E-state index contributed by atoms with van der Waals surface area (Å²) in [4.78, 5) is 8.67. The molecule has 0 saturated carbocycles. The van der Waals surface area contributed by atoms with Crippen LogP contribution < -0.4 is 0 Å². The van der Waals surface area contributed by atoms with Gasteiger partial charge in [-0.15, -0.1) is 0 Å². The minimum absolute atomic E-state index is 0.461. The van der Waals surface area contributed by atoms with Gasteiger partial charge >= 0.3 is 8.60 Å². The fourth-order valence-corrected chi connectivity index (χ4v) is 0.889. The first-order chi connectivity index (χ1) is 3.89. The summed E-state index contributed by atoms with van der Waals surface area (Å²) in [5, 5.41) is 0. The van der Waals surface area contributed by atoms with Gasteiger partial charge in [-0.05, 0) is 0 Å². The zero-order chi connectivity index (χ0) is 5.82. The molecule has 4 heteroatoms. The molecule has 0 aromatic carbocycles. The molecular weight excluding hydrogens is 127 g/mol. The van der Waals surface area contributed by atoms with Crippen LogP contribution in [-0.2, 0) is 9.05 Å². The van der Waals surface area contributed by atoms with Crippen LogP contribution in [0.3, 0.4) is 0 Å². The van der Waals surface area contributed by atoms with E-state index in [0.29, 0.717) is 13.2 Å². The third-order valence-corrected chi connectivity index (χ3v) is 1.47. The monoisotopic (exact) mass is 134 g/mol. The standard InChI is InChI=1S/C4H7O3P/c5-8-6-3-1-2-4-7-8/h1-2,5H,3-4H2. The van der Waals surface area contributed by atoms with E-state index < -0.39 is 8.60 Å². The highest BCUT2D eigenvalue weighted by Gasteiger charge is 2.05. The molecule has 1 N–H and O–H groups in total. The van der Waals surface area contributed by atoms with Crippen LogP contribution in [0.4, 0.5) is 0 Å². The second-order valence-electron chi connectivity index (χ2n) is 1.30. The maximum atomic E-state index is 8.67. The van der Waals surface area contributed by atoms with Crippen molar-refractivity contribution in [2.45, 2.75) is 0 Å². The van der Waals surface area contributed by atoms with Gasteiger partial charge in [-0.2, -0.15) is 0 Å². The molecule has 0 aromatic heterocycles. The molecule has 0 unspecified atom stereocenters. The van der Waals surface area contributed by atoms with Gasteiger partial charge in [-0.1, -0.05) is 12.2 Å². The van der Waals surface area contributed by atoms with E-state index in [2.05, 4.69) is 0 Å². The van der Waals surface area contributed by atoms with Gasteiger partial charge < -0.3 is 13.9 Å². The van der Waals surface area contributed by atoms with Gasteiger partial charge in [0.15, 0.2) is 0 Å². The van der Waals surface area contributed by atoms with Crippen molar-refractivity contribution >= 4 is 8.60 Å². The quantitative estimate of drug-likeness (QED) is 0.393. The molecule has 0 fully saturated rings. The maximum absolute atomic E-state index is 8.67. The Balaban J connectivity index is 2.28. The third kappa shape index (κ3) is 1.88. The molecule has 1 heterocycles. The zero-order valence-electron chi connectivity index (χ0n) is 4.28. The van der Waals surface area contributed by atoms with Crippen molar-refractivity contribution in [3.8, 4) is 0 Å². The lowest BCUT2D eigenvalue weighted by atomic mass is 10.5. The van der Waals surface area contributed by atoms with E-state index in [4.69, 9.17) is 13.9 Å². The number of hydrogen-bond acceptors (Lipinski definition) is 3. The molecule has 0 atom stereocenters. The molecule has 0 saturated heterocycles. The Morgan fingerprint density at radius 3 is 2.25 bits per heavy atom. The van der Waals surface area contributed by atoms with Gasteiger partial charge in [0, 0.05) is 0 Å². The van der Waals surface area contributed by atoms with Crippen LogP contribution in [0.25, 0.3) is 0 Å². The van der Waals surface area contributed by atoms with Gasteiger partial charge in [0.25, 0.3) is 0 Å². The lowest BCUT2D eigenvalue weighted by molar-refractivity contribution is 0.241. The summed E-state index contributed by atoms with van der Waals surface area (Å²) >= 11 is 0. The highest BCUT2D eigenvalue weighted by molar-refractivity contribution is 7.40. The van der Waals surface area contributed by atoms with E-state index in [0.717, 1.165) is 0 Å². The molecule has 8 heavy (non-hydrogen) atoms. The Bertz CT molecular complexity index is 83.3. The Hall–Kier alpha value is 0.0500. The van der Waals surface area contributed by atoms with E-state index in [1.807, 2.05) is 12.2 Å². The number of hydrogen-bond donors (Lipinski definition) is 1. The van der Waals surface area contributed by atoms with Crippen molar-refractivity contribution in [1.82, 2.24) is 0 Å². The third-order valence-electron chi connectivity index (χ3n) is 0.729. The number of rotatable bonds is 0. The molecule has 0 radical (unpaired) electrons. The first-order valence-corrected chi connectivity index (χ1v) is 3.42. The van der Waals surface area contributed by atoms with Crippen molar-refractivity contribution < 1.29 is 13.9 Å². The first-order valence-electron chi connectivity index (χ1n) is 2.29. The highest BCUT2D eigenvalue weighted by Crippen LogP contribution is 2.33. The summed E-state index contributed by atoms with van der Waals surface area (Å²) in [6.07, 6.45) is 3.64. The van der Waals surface area contributed by atoms with Crippen molar-refractivity contribution in [3.63, 3.8) is 0 Å². The SMILES string of the molecule is OP1OCC=CCO1. The Labute approximate surface area is 48.9 Å². The largest absolute Gasteiger partial charge is 0.330 e. The van der Waals surface area contributed by atoms with Crippen molar-refractivity contribution in [3.05, 3.63) is 12.2 Å². The summed E-state index contributed by atoms with van der Waals surface area (Å²) in [6.45, 7) is 0.921. The van der Waals surface area contributed by atoms with E-state index >= 15 is 0 Å². The van der Waals surface area contributed by atoms with Crippen LogP contribution >= 0.6 is 8.60 Å². The minimum atomic E-state index is -1.58. The van der Waals surface area contributed by atoms with Crippen LogP contribution in [0, 0.1) is 0 Å². The van der Waals surface area contributed by atoms with Crippen LogP contribution in [-0.4, -0.2) is 18.1 Å². The van der Waals surface area contributed by atoms with E-state index in [1.165, 1.54) is 0 Å². The summed E-state index contributed by atoms with van der Waals surface area (Å²) < 4.78 is 9.43. The van der Waals surface area contributed by atoms with Crippen molar-refractivity contribution in [1.29, 1.82) is 0 Å². The summed E-state index contributed by atoms with van der Waals surface area (Å²) in [6, 6.07) is 0. The fourth-order valence-electron chi connectivity index (χ4n) is 0.387.